The number of hydrogen-bond donors (Lipinski definition) is 1. The van der Waals surface area contributed by atoms with Crippen molar-refractivity contribution in [3.8, 4) is 11.8 Å². The number of anilines is 1. The summed E-state index contributed by atoms with van der Waals surface area (Å²) in [7, 11) is 0. The molecule has 4 heteroatoms. The molecule has 2 aromatic rings. The molecule has 0 aliphatic carbocycles. The molecular weight excluding hydrogens is 300 g/mol. The number of ether oxygens (including phenoxy) is 1. The lowest BCUT2D eigenvalue weighted by molar-refractivity contribution is -0.122. The molecule has 0 bridgehead atoms. The maximum absolute atomic E-state index is 12.4. The number of aryl methyl sites for hydroxylation is 2. The minimum atomic E-state index is -0.551. The van der Waals surface area contributed by atoms with Crippen LogP contribution in [0.15, 0.2) is 42.5 Å². The molecule has 0 radical (unpaired) electrons. The van der Waals surface area contributed by atoms with Gasteiger partial charge in [0.05, 0.1) is 12.5 Å². The molecule has 2 rings (SSSR count). The summed E-state index contributed by atoms with van der Waals surface area (Å²) in [6, 6.07) is 15.3. The van der Waals surface area contributed by atoms with E-state index >= 15 is 0 Å². The first-order valence-corrected chi connectivity index (χ1v) is 8.03. The summed E-state index contributed by atoms with van der Waals surface area (Å²) in [5, 5.41) is 11.5. The number of amides is 1. The Morgan fingerprint density at radius 1 is 1.17 bits per heavy atom. The Morgan fingerprint density at radius 3 is 2.33 bits per heavy atom. The van der Waals surface area contributed by atoms with Gasteiger partial charge < -0.3 is 10.1 Å². The van der Waals surface area contributed by atoms with Crippen LogP contribution in [0.3, 0.4) is 0 Å². The number of carbonyl (C=O) groups is 1. The van der Waals surface area contributed by atoms with Crippen LogP contribution in [0.25, 0.3) is 0 Å². The number of rotatable bonds is 6. The highest BCUT2D eigenvalue weighted by atomic mass is 16.5. The SMILES string of the molecule is CC[C@@H](Oc1cc(C)cc(C)c1)C(=O)Nc1ccc(CC#N)cc1. The summed E-state index contributed by atoms with van der Waals surface area (Å²) in [5.41, 5.74) is 3.83. The van der Waals surface area contributed by atoms with Crippen LogP contribution in [0.4, 0.5) is 5.69 Å². The van der Waals surface area contributed by atoms with Gasteiger partial charge in [-0.1, -0.05) is 25.1 Å². The van der Waals surface area contributed by atoms with Crippen molar-refractivity contribution in [3.63, 3.8) is 0 Å². The van der Waals surface area contributed by atoms with Crippen LogP contribution in [0.2, 0.25) is 0 Å². The van der Waals surface area contributed by atoms with Gasteiger partial charge >= 0.3 is 0 Å². The fourth-order valence-electron chi connectivity index (χ4n) is 2.51. The average Bonchev–Trinajstić information content (AvgIpc) is 2.53. The lowest BCUT2D eigenvalue weighted by Crippen LogP contribution is -2.32. The summed E-state index contributed by atoms with van der Waals surface area (Å²) < 4.78 is 5.87. The molecule has 1 N–H and O–H groups in total. The van der Waals surface area contributed by atoms with Crippen molar-refractivity contribution in [2.24, 2.45) is 0 Å². The van der Waals surface area contributed by atoms with Crippen LogP contribution in [-0.2, 0) is 11.2 Å². The van der Waals surface area contributed by atoms with Crippen LogP contribution < -0.4 is 10.1 Å². The molecule has 0 aliphatic rings. The minimum Gasteiger partial charge on any atom is -0.481 e. The molecule has 24 heavy (non-hydrogen) atoms. The topological polar surface area (TPSA) is 62.1 Å². The van der Waals surface area contributed by atoms with E-state index in [0.29, 0.717) is 24.3 Å². The molecule has 4 nitrogen and oxygen atoms in total. The third kappa shape index (κ3) is 4.85. The van der Waals surface area contributed by atoms with Gasteiger partial charge in [0, 0.05) is 5.69 Å². The second-order valence-corrected chi connectivity index (χ2v) is 5.86. The van der Waals surface area contributed by atoms with Crippen LogP contribution in [0, 0.1) is 25.2 Å². The van der Waals surface area contributed by atoms with Crippen LogP contribution in [0.5, 0.6) is 5.75 Å². The van der Waals surface area contributed by atoms with E-state index in [1.165, 1.54) is 0 Å². The smallest absolute Gasteiger partial charge is 0.265 e. The molecule has 0 saturated carbocycles. The largest absolute Gasteiger partial charge is 0.481 e. The van der Waals surface area contributed by atoms with Crippen molar-refractivity contribution in [2.75, 3.05) is 5.32 Å². The first-order chi connectivity index (χ1) is 11.5. The standard InChI is InChI=1S/C20H22N2O2/c1-4-19(24-18-12-14(2)11-15(3)13-18)20(23)22-17-7-5-16(6-8-17)9-10-21/h5-8,11-13,19H,4,9H2,1-3H3,(H,22,23)/t19-/m1/s1. The minimum absolute atomic E-state index is 0.176. The Hall–Kier alpha value is -2.80. The Morgan fingerprint density at radius 2 is 1.79 bits per heavy atom. The normalized spacial score (nSPS) is 11.4. The molecule has 0 aliphatic heterocycles. The highest BCUT2D eigenvalue weighted by Crippen LogP contribution is 2.19. The number of carbonyl (C=O) groups excluding carboxylic acids is 1. The highest BCUT2D eigenvalue weighted by Gasteiger charge is 2.18. The Balaban J connectivity index is 2.04. The number of nitrogens with one attached hydrogen (secondary N) is 1. The van der Waals surface area contributed by atoms with E-state index in [1.807, 2.05) is 45.0 Å². The molecule has 2 aromatic carbocycles. The predicted octanol–water partition coefficient (Wildman–Crippen LogP) is 4.17. The zero-order valence-electron chi connectivity index (χ0n) is 14.3. The fraction of sp³-hybridized carbons (Fsp3) is 0.300. The summed E-state index contributed by atoms with van der Waals surface area (Å²) in [4.78, 5) is 12.4. The molecule has 124 valence electrons. The van der Waals surface area contributed by atoms with Crippen molar-refractivity contribution in [3.05, 3.63) is 59.2 Å². The summed E-state index contributed by atoms with van der Waals surface area (Å²) in [6.45, 7) is 5.93. The van der Waals surface area contributed by atoms with Crippen molar-refractivity contribution >= 4 is 11.6 Å². The zero-order chi connectivity index (χ0) is 17.5. The quantitative estimate of drug-likeness (QED) is 0.868. The van der Waals surface area contributed by atoms with Crippen molar-refractivity contribution in [1.29, 1.82) is 5.26 Å². The summed E-state index contributed by atoms with van der Waals surface area (Å²) in [5.74, 6) is 0.531. The van der Waals surface area contributed by atoms with Gasteiger partial charge in [-0.3, -0.25) is 4.79 Å². The van der Waals surface area contributed by atoms with Crippen LogP contribution in [-0.4, -0.2) is 12.0 Å². The predicted molar refractivity (Wildman–Crippen MR) is 95.0 cm³/mol. The van der Waals surface area contributed by atoms with E-state index in [1.54, 1.807) is 12.1 Å². The van der Waals surface area contributed by atoms with Gasteiger partial charge in [-0.15, -0.1) is 0 Å². The van der Waals surface area contributed by atoms with E-state index in [9.17, 15) is 4.79 Å². The highest BCUT2D eigenvalue weighted by molar-refractivity contribution is 5.94. The van der Waals surface area contributed by atoms with Gasteiger partial charge in [0.1, 0.15) is 5.75 Å². The number of hydrogen-bond acceptors (Lipinski definition) is 3. The van der Waals surface area contributed by atoms with Gasteiger partial charge in [0.2, 0.25) is 0 Å². The molecular formula is C20H22N2O2. The molecule has 0 spiro atoms. The van der Waals surface area contributed by atoms with E-state index in [-0.39, 0.29) is 5.91 Å². The molecule has 0 saturated heterocycles. The first-order valence-electron chi connectivity index (χ1n) is 8.03. The van der Waals surface area contributed by atoms with Gasteiger partial charge in [0.15, 0.2) is 6.10 Å². The van der Waals surface area contributed by atoms with Gasteiger partial charge in [-0.05, 0) is 61.2 Å². The van der Waals surface area contributed by atoms with Gasteiger partial charge in [-0.2, -0.15) is 5.26 Å². The summed E-state index contributed by atoms with van der Waals surface area (Å²) >= 11 is 0. The Labute approximate surface area is 143 Å². The van der Waals surface area contributed by atoms with Crippen molar-refractivity contribution < 1.29 is 9.53 Å². The molecule has 0 heterocycles. The zero-order valence-corrected chi connectivity index (χ0v) is 14.3. The second-order valence-electron chi connectivity index (χ2n) is 5.86. The van der Waals surface area contributed by atoms with Crippen LogP contribution >= 0.6 is 0 Å². The third-order valence-corrected chi connectivity index (χ3v) is 3.64. The Bertz CT molecular complexity index is 725. The molecule has 0 fully saturated rings. The summed E-state index contributed by atoms with van der Waals surface area (Å²) in [6.07, 6.45) is 0.387. The molecule has 1 atom stereocenters. The molecule has 0 unspecified atom stereocenters. The van der Waals surface area contributed by atoms with Crippen molar-refractivity contribution in [2.45, 2.75) is 39.7 Å². The second kappa shape index (κ2) is 8.16. The third-order valence-electron chi connectivity index (χ3n) is 3.64. The van der Waals surface area contributed by atoms with Crippen molar-refractivity contribution in [1.82, 2.24) is 0 Å². The Kier molecular flexibility index (Phi) is 5.97. The van der Waals surface area contributed by atoms with Gasteiger partial charge in [-0.25, -0.2) is 0 Å². The van der Waals surface area contributed by atoms with E-state index in [4.69, 9.17) is 10.00 Å². The number of benzene rings is 2. The molecule has 0 aromatic heterocycles. The number of nitrogens with zero attached hydrogens (tertiary/aromatic N) is 1. The van der Waals surface area contributed by atoms with E-state index in [0.717, 1.165) is 16.7 Å². The maximum Gasteiger partial charge on any atom is 0.265 e. The maximum atomic E-state index is 12.4. The average molecular weight is 322 g/mol. The number of nitriles is 1. The monoisotopic (exact) mass is 322 g/mol. The van der Waals surface area contributed by atoms with Crippen LogP contribution in [0.1, 0.15) is 30.0 Å². The lowest BCUT2D eigenvalue weighted by atomic mass is 10.1. The van der Waals surface area contributed by atoms with E-state index in [2.05, 4.69) is 17.5 Å². The molecule has 1 amide bonds. The lowest BCUT2D eigenvalue weighted by Gasteiger charge is -2.18. The first kappa shape index (κ1) is 17.6. The fourth-order valence-corrected chi connectivity index (χ4v) is 2.51. The van der Waals surface area contributed by atoms with Gasteiger partial charge in [0.25, 0.3) is 5.91 Å². The van der Waals surface area contributed by atoms with E-state index < -0.39 is 6.10 Å².